The second-order valence-electron chi connectivity index (χ2n) is 9.17. The van der Waals surface area contributed by atoms with E-state index >= 15 is 0 Å². The van der Waals surface area contributed by atoms with Crippen molar-refractivity contribution in [3.8, 4) is 5.75 Å². The summed E-state index contributed by atoms with van der Waals surface area (Å²) >= 11 is 0. The van der Waals surface area contributed by atoms with Gasteiger partial charge < -0.3 is 19.7 Å². The van der Waals surface area contributed by atoms with E-state index in [4.69, 9.17) is 9.47 Å². The number of hydrogen-bond donors (Lipinski definition) is 1. The van der Waals surface area contributed by atoms with Gasteiger partial charge in [0.25, 0.3) is 0 Å². The third-order valence-corrected chi connectivity index (χ3v) is 5.56. The summed E-state index contributed by atoms with van der Waals surface area (Å²) in [5.41, 5.74) is 0.924. The molecule has 0 fully saturated rings. The van der Waals surface area contributed by atoms with Crippen molar-refractivity contribution in [3.05, 3.63) is 65.7 Å². The first-order chi connectivity index (χ1) is 17.3. The number of ether oxygens (including phenoxy) is 2. The normalized spacial score (nSPS) is 11.8. The van der Waals surface area contributed by atoms with E-state index in [1.165, 1.54) is 12.1 Å². The van der Waals surface area contributed by atoms with Crippen molar-refractivity contribution in [3.63, 3.8) is 0 Å². The van der Waals surface area contributed by atoms with Gasteiger partial charge in [0, 0.05) is 19.0 Å². The van der Waals surface area contributed by atoms with Gasteiger partial charge in [-0.25, -0.2) is 8.78 Å². The molecule has 198 valence electrons. The number of carbonyl (C=O) groups is 2. The lowest BCUT2D eigenvalue weighted by Gasteiger charge is -2.22. The highest BCUT2D eigenvalue weighted by Crippen LogP contribution is 2.18. The van der Waals surface area contributed by atoms with Crippen LogP contribution in [-0.4, -0.2) is 50.1 Å². The summed E-state index contributed by atoms with van der Waals surface area (Å²) in [4.78, 5) is 26.6. The highest BCUT2D eigenvalue weighted by Gasteiger charge is 2.18. The van der Waals surface area contributed by atoms with E-state index in [2.05, 4.69) is 5.32 Å². The Labute approximate surface area is 213 Å². The molecule has 0 aliphatic rings. The molecule has 0 bridgehead atoms. The molecule has 1 unspecified atom stereocenters. The van der Waals surface area contributed by atoms with Crippen LogP contribution in [0.25, 0.3) is 0 Å². The Bertz CT molecular complexity index is 925. The fourth-order valence-corrected chi connectivity index (χ4v) is 3.77. The van der Waals surface area contributed by atoms with Crippen LogP contribution in [0, 0.1) is 11.6 Å². The molecular weight excluding hydrogens is 466 g/mol. The Hall–Kier alpha value is -3.00. The minimum Gasteiger partial charge on any atom is -0.491 e. The van der Waals surface area contributed by atoms with Crippen LogP contribution in [0.1, 0.15) is 56.9 Å². The largest absolute Gasteiger partial charge is 0.491 e. The molecule has 0 saturated carbocycles. The number of likely N-dealkylation sites (N-methyl/N-ethyl adjacent to an activating group) is 1. The van der Waals surface area contributed by atoms with E-state index in [9.17, 15) is 18.4 Å². The number of nitrogens with one attached hydrogen (secondary N) is 1. The van der Waals surface area contributed by atoms with E-state index < -0.39 is 11.6 Å². The molecule has 0 aromatic heterocycles. The quantitative estimate of drug-likeness (QED) is 0.235. The molecule has 0 saturated heterocycles. The molecule has 2 rings (SSSR count). The topological polar surface area (TPSA) is 67.9 Å². The van der Waals surface area contributed by atoms with Gasteiger partial charge in [-0.1, -0.05) is 56.0 Å². The van der Waals surface area contributed by atoms with Crippen LogP contribution in [-0.2, 0) is 20.9 Å². The minimum atomic E-state index is -0.690. The van der Waals surface area contributed by atoms with Gasteiger partial charge in [-0.3, -0.25) is 9.59 Å². The van der Waals surface area contributed by atoms with Gasteiger partial charge in [0.15, 0.2) is 11.6 Å². The number of nitrogens with zero attached hydrogens (tertiary/aromatic N) is 1. The highest BCUT2D eigenvalue weighted by molar-refractivity contribution is 5.77. The van der Waals surface area contributed by atoms with Crippen molar-refractivity contribution < 1.29 is 27.8 Å². The molecule has 0 aliphatic carbocycles. The molecular formula is C28H38F2N2O4. The zero-order chi connectivity index (χ0) is 26.2. The first kappa shape index (κ1) is 29.2. The van der Waals surface area contributed by atoms with Crippen LogP contribution in [0.2, 0.25) is 0 Å². The van der Waals surface area contributed by atoms with Gasteiger partial charge in [-0.2, -0.15) is 0 Å². The minimum absolute atomic E-state index is 0.0626. The van der Waals surface area contributed by atoms with E-state index in [-0.39, 0.29) is 36.7 Å². The maximum Gasteiger partial charge on any atom is 0.308 e. The molecule has 2 aromatic carbocycles. The third-order valence-electron chi connectivity index (χ3n) is 5.56. The summed E-state index contributed by atoms with van der Waals surface area (Å²) in [6.45, 7) is 1.15. The van der Waals surface area contributed by atoms with Crippen molar-refractivity contribution >= 4 is 11.9 Å². The summed E-state index contributed by atoms with van der Waals surface area (Å²) in [5, 5.41) is 2.97. The number of esters is 1. The summed E-state index contributed by atoms with van der Waals surface area (Å²) < 4.78 is 37.1. The number of carbonyl (C=O) groups excluding carboxylic acids is 2. The molecule has 0 aliphatic heterocycles. The zero-order valence-electron chi connectivity index (χ0n) is 21.3. The van der Waals surface area contributed by atoms with E-state index in [0.29, 0.717) is 19.6 Å². The van der Waals surface area contributed by atoms with Gasteiger partial charge in [0.05, 0.1) is 19.1 Å². The van der Waals surface area contributed by atoms with Gasteiger partial charge in [-0.15, -0.1) is 0 Å². The number of halogens is 2. The third kappa shape index (κ3) is 12.6. The van der Waals surface area contributed by atoms with Crippen molar-refractivity contribution in [2.75, 3.05) is 27.2 Å². The summed E-state index contributed by atoms with van der Waals surface area (Å²) in [7, 11) is 3.80. The fourth-order valence-electron chi connectivity index (χ4n) is 3.77. The molecule has 0 radical (unpaired) electrons. The number of rotatable bonds is 17. The monoisotopic (exact) mass is 504 g/mol. The van der Waals surface area contributed by atoms with E-state index in [1.807, 2.05) is 49.3 Å². The maximum absolute atomic E-state index is 13.5. The highest BCUT2D eigenvalue weighted by atomic mass is 19.1. The van der Waals surface area contributed by atoms with Crippen molar-refractivity contribution in [1.82, 2.24) is 10.2 Å². The number of benzene rings is 2. The summed E-state index contributed by atoms with van der Waals surface area (Å²) in [5.74, 6) is -1.64. The average molecular weight is 505 g/mol. The number of hydrogen-bond acceptors (Lipinski definition) is 5. The average Bonchev–Trinajstić information content (AvgIpc) is 2.83. The standard InChI is InChI=1S/C28H38F2N2O4/c1-32(2)20-24(19-28(34)36-21-22-12-8-7-9-13-22)31-27(33)14-10-5-3-4-6-11-17-35-26-16-15-23(29)18-25(26)30/h7-9,12-13,15-16,18,24H,3-6,10-11,14,17,19-21H2,1-2H3,(H,31,33). The van der Waals surface area contributed by atoms with Gasteiger partial charge in [0.1, 0.15) is 12.4 Å². The molecule has 1 N–H and O–H groups in total. The Kier molecular flexibility index (Phi) is 13.5. The number of unbranched alkanes of at least 4 members (excludes halogenated alkanes) is 5. The molecule has 8 heteroatoms. The first-order valence-electron chi connectivity index (χ1n) is 12.5. The van der Waals surface area contributed by atoms with Gasteiger partial charge >= 0.3 is 5.97 Å². The lowest BCUT2D eigenvalue weighted by Crippen LogP contribution is -2.43. The molecule has 6 nitrogen and oxygen atoms in total. The zero-order valence-corrected chi connectivity index (χ0v) is 21.3. The molecule has 1 atom stereocenters. The van der Waals surface area contributed by atoms with E-state index in [0.717, 1.165) is 50.2 Å². The predicted octanol–water partition coefficient (Wildman–Crippen LogP) is 5.25. The van der Waals surface area contributed by atoms with Crippen LogP contribution in [0.3, 0.4) is 0 Å². The van der Waals surface area contributed by atoms with Crippen LogP contribution >= 0.6 is 0 Å². The van der Waals surface area contributed by atoms with Crippen LogP contribution < -0.4 is 10.1 Å². The van der Waals surface area contributed by atoms with Crippen molar-refractivity contribution in [1.29, 1.82) is 0 Å². The second kappa shape index (κ2) is 16.6. The van der Waals surface area contributed by atoms with Gasteiger partial charge in [0.2, 0.25) is 5.91 Å². The Balaban J connectivity index is 1.55. The molecule has 0 spiro atoms. The SMILES string of the molecule is CN(C)CC(CC(=O)OCc1ccccc1)NC(=O)CCCCCCCCOc1ccc(F)cc1F. The summed E-state index contributed by atoms with van der Waals surface area (Å²) in [6, 6.07) is 12.5. The fraction of sp³-hybridized carbons (Fsp3) is 0.500. The summed E-state index contributed by atoms with van der Waals surface area (Å²) in [6.07, 6.45) is 5.94. The Morgan fingerprint density at radius 2 is 1.64 bits per heavy atom. The lowest BCUT2D eigenvalue weighted by molar-refractivity contribution is -0.145. The Morgan fingerprint density at radius 1 is 0.944 bits per heavy atom. The molecule has 1 amide bonds. The second-order valence-corrected chi connectivity index (χ2v) is 9.17. The smallest absolute Gasteiger partial charge is 0.308 e. The maximum atomic E-state index is 13.5. The van der Waals surface area contributed by atoms with E-state index in [1.54, 1.807) is 0 Å². The van der Waals surface area contributed by atoms with Crippen LogP contribution in [0.15, 0.2) is 48.5 Å². The number of amides is 1. The first-order valence-corrected chi connectivity index (χ1v) is 12.5. The Morgan fingerprint density at radius 3 is 2.33 bits per heavy atom. The van der Waals surface area contributed by atoms with Crippen molar-refractivity contribution in [2.24, 2.45) is 0 Å². The molecule has 36 heavy (non-hydrogen) atoms. The molecule has 0 heterocycles. The van der Waals surface area contributed by atoms with Gasteiger partial charge in [-0.05, 0) is 44.6 Å². The van der Waals surface area contributed by atoms with Crippen LogP contribution in [0.4, 0.5) is 8.78 Å². The van der Waals surface area contributed by atoms with Crippen molar-refractivity contribution in [2.45, 2.75) is 64.0 Å². The molecule has 2 aromatic rings. The van der Waals surface area contributed by atoms with Crippen LogP contribution in [0.5, 0.6) is 5.75 Å². The lowest BCUT2D eigenvalue weighted by atomic mass is 10.1. The predicted molar refractivity (Wildman–Crippen MR) is 136 cm³/mol.